The molecule has 0 saturated carbocycles. The Bertz CT molecular complexity index is 1060. The lowest BCUT2D eigenvalue weighted by Gasteiger charge is -2.13. The minimum atomic E-state index is -0.673. The van der Waals surface area contributed by atoms with Gasteiger partial charge in [-0.15, -0.1) is 10.2 Å². The number of benzene rings is 1. The van der Waals surface area contributed by atoms with Gasteiger partial charge in [-0.05, 0) is 30.5 Å². The van der Waals surface area contributed by atoms with Crippen molar-refractivity contribution in [2.24, 2.45) is 0 Å². The van der Waals surface area contributed by atoms with Crippen molar-refractivity contribution in [1.29, 1.82) is 0 Å². The maximum atomic E-state index is 12.5. The molecule has 1 fully saturated rings. The maximum absolute atomic E-state index is 12.5. The number of fused-ring (bicyclic) bond motifs is 1. The topological polar surface area (TPSA) is 109 Å². The summed E-state index contributed by atoms with van der Waals surface area (Å²) in [5, 5.41) is 13.6. The zero-order chi connectivity index (χ0) is 20.9. The second-order valence-electron chi connectivity index (χ2n) is 7.09. The van der Waals surface area contributed by atoms with E-state index in [1.165, 1.54) is 4.90 Å². The van der Waals surface area contributed by atoms with Crippen molar-refractivity contribution >= 4 is 23.5 Å². The molecule has 4 amide bonds. The standard InChI is InChI=1S/C21H22N6O3/c28-19(22-14-18-25-24-17-8-4-5-12-26(17)18)10-9-16-20(29)27(21(30)23-16)13-11-15-6-2-1-3-7-15/h1-8,12,16H,9-11,13-14H2,(H,22,28)(H,23,30)/t16-/m1/s1. The van der Waals surface area contributed by atoms with E-state index in [0.29, 0.717) is 24.4 Å². The number of imide groups is 1. The Balaban J connectivity index is 1.24. The van der Waals surface area contributed by atoms with Gasteiger partial charge in [0.15, 0.2) is 11.5 Å². The van der Waals surface area contributed by atoms with E-state index in [1.807, 2.05) is 54.7 Å². The third-order valence-corrected chi connectivity index (χ3v) is 5.06. The van der Waals surface area contributed by atoms with Crippen LogP contribution in [0.2, 0.25) is 0 Å². The summed E-state index contributed by atoms with van der Waals surface area (Å²) in [6.45, 7) is 0.551. The van der Waals surface area contributed by atoms with Crippen molar-refractivity contribution < 1.29 is 14.4 Å². The molecule has 154 valence electrons. The van der Waals surface area contributed by atoms with Crippen LogP contribution in [0.3, 0.4) is 0 Å². The highest BCUT2D eigenvalue weighted by Gasteiger charge is 2.37. The molecule has 9 nitrogen and oxygen atoms in total. The predicted molar refractivity (Wildman–Crippen MR) is 108 cm³/mol. The highest BCUT2D eigenvalue weighted by atomic mass is 16.2. The number of urea groups is 1. The molecule has 9 heteroatoms. The van der Waals surface area contributed by atoms with Crippen LogP contribution in [-0.4, -0.2) is 49.9 Å². The van der Waals surface area contributed by atoms with Crippen LogP contribution in [0.4, 0.5) is 4.79 Å². The van der Waals surface area contributed by atoms with E-state index in [4.69, 9.17) is 0 Å². The summed E-state index contributed by atoms with van der Waals surface area (Å²) >= 11 is 0. The van der Waals surface area contributed by atoms with E-state index >= 15 is 0 Å². The van der Waals surface area contributed by atoms with E-state index in [0.717, 1.165) is 5.56 Å². The SMILES string of the molecule is O=C(CC[C@H]1NC(=O)N(CCc2ccccc2)C1=O)NCc1nnc2ccccn12. The molecule has 4 rings (SSSR count). The van der Waals surface area contributed by atoms with Gasteiger partial charge in [0.25, 0.3) is 5.91 Å². The number of hydrogen-bond donors (Lipinski definition) is 2. The number of carbonyl (C=O) groups is 3. The van der Waals surface area contributed by atoms with E-state index in [-0.39, 0.29) is 31.2 Å². The summed E-state index contributed by atoms with van der Waals surface area (Å²) in [4.78, 5) is 38.1. The van der Waals surface area contributed by atoms with E-state index in [9.17, 15) is 14.4 Å². The minimum Gasteiger partial charge on any atom is -0.349 e. The third kappa shape index (κ3) is 4.29. The fourth-order valence-electron chi connectivity index (χ4n) is 3.42. The highest BCUT2D eigenvalue weighted by molar-refractivity contribution is 6.04. The Labute approximate surface area is 173 Å². The summed E-state index contributed by atoms with van der Waals surface area (Å²) in [5.74, 6) is 0.121. The first-order valence-corrected chi connectivity index (χ1v) is 9.83. The van der Waals surface area contributed by atoms with Crippen LogP contribution in [0.5, 0.6) is 0 Å². The van der Waals surface area contributed by atoms with Crippen molar-refractivity contribution in [3.05, 3.63) is 66.1 Å². The summed E-state index contributed by atoms with van der Waals surface area (Å²) in [7, 11) is 0. The van der Waals surface area contributed by atoms with Crippen LogP contribution >= 0.6 is 0 Å². The Morgan fingerprint density at radius 2 is 1.87 bits per heavy atom. The third-order valence-electron chi connectivity index (χ3n) is 5.06. The number of rotatable bonds is 8. The molecule has 0 bridgehead atoms. The summed E-state index contributed by atoms with van der Waals surface area (Å²) < 4.78 is 1.80. The summed E-state index contributed by atoms with van der Waals surface area (Å²) in [5.41, 5.74) is 1.76. The maximum Gasteiger partial charge on any atom is 0.324 e. The molecule has 0 aliphatic carbocycles. The molecule has 1 aromatic carbocycles. The van der Waals surface area contributed by atoms with Crippen LogP contribution in [0, 0.1) is 0 Å². The highest BCUT2D eigenvalue weighted by Crippen LogP contribution is 2.13. The van der Waals surface area contributed by atoms with Crippen molar-refractivity contribution in [2.45, 2.75) is 31.8 Å². The predicted octanol–water partition coefficient (Wildman–Crippen LogP) is 1.29. The molecule has 1 aliphatic heterocycles. The summed E-state index contributed by atoms with van der Waals surface area (Å²) in [6.07, 6.45) is 2.80. The molecule has 3 aromatic rings. The number of nitrogens with zero attached hydrogens (tertiary/aromatic N) is 4. The quantitative estimate of drug-likeness (QED) is 0.548. The molecule has 3 heterocycles. The molecule has 1 saturated heterocycles. The van der Waals surface area contributed by atoms with Crippen molar-refractivity contribution in [3.8, 4) is 0 Å². The molecule has 0 spiro atoms. The monoisotopic (exact) mass is 406 g/mol. The Hall–Kier alpha value is -3.75. The fourth-order valence-corrected chi connectivity index (χ4v) is 3.42. The average molecular weight is 406 g/mol. The van der Waals surface area contributed by atoms with E-state index in [1.54, 1.807) is 4.40 Å². The number of aromatic nitrogens is 3. The molecule has 2 N–H and O–H groups in total. The van der Waals surface area contributed by atoms with Gasteiger partial charge in [-0.3, -0.25) is 18.9 Å². The molecular formula is C21H22N6O3. The van der Waals surface area contributed by atoms with Crippen LogP contribution < -0.4 is 10.6 Å². The van der Waals surface area contributed by atoms with Crippen LogP contribution in [0.1, 0.15) is 24.2 Å². The molecular weight excluding hydrogens is 384 g/mol. The van der Waals surface area contributed by atoms with Crippen LogP contribution in [0.15, 0.2) is 54.7 Å². The Morgan fingerprint density at radius 3 is 2.70 bits per heavy atom. The molecule has 0 unspecified atom stereocenters. The fraction of sp³-hybridized carbons (Fsp3) is 0.286. The lowest BCUT2D eigenvalue weighted by atomic mass is 10.1. The Morgan fingerprint density at radius 1 is 1.07 bits per heavy atom. The van der Waals surface area contributed by atoms with Gasteiger partial charge in [-0.2, -0.15) is 0 Å². The lowest BCUT2D eigenvalue weighted by molar-refractivity contribution is -0.127. The molecule has 2 aromatic heterocycles. The number of carbonyl (C=O) groups excluding carboxylic acids is 3. The van der Waals surface area contributed by atoms with Crippen LogP contribution in [0.25, 0.3) is 5.65 Å². The number of hydrogen-bond acceptors (Lipinski definition) is 5. The zero-order valence-electron chi connectivity index (χ0n) is 16.3. The normalized spacial score (nSPS) is 16.1. The largest absolute Gasteiger partial charge is 0.349 e. The van der Waals surface area contributed by atoms with Crippen molar-refractivity contribution in [1.82, 2.24) is 30.1 Å². The first kappa shape index (κ1) is 19.6. The molecule has 0 radical (unpaired) electrons. The Kier molecular flexibility index (Phi) is 5.69. The molecule has 30 heavy (non-hydrogen) atoms. The number of amides is 4. The van der Waals surface area contributed by atoms with Gasteiger partial charge in [0, 0.05) is 19.2 Å². The van der Waals surface area contributed by atoms with Gasteiger partial charge in [0.2, 0.25) is 5.91 Å². The van der Waals surface area contributed by atoms with Gasteiger partial charge in [0.05, 0.1) is 6.54 Å². The van der Waals surface area contributed by atoms with Gasteiger partial charge in [0.1, 0.15) is 6.04 Å². The van der Waals surface area contributed by atoms with Crippen molar-refractivity contribution in [3.63, 3.8) is 0 Å². The van der Waals surface area contributed by atoms with Gasteiger partial charge in [-0.1, -0.05) is 36.4 Å². The average Bonchev–Trinajstić information content (AvgIpc) is 3.30. The van der Waals surface area contributed by atoms with E-state index in [2.05, 4.69) is 20.8 Å². The number of nitrogens with one attached hydrogen (secondary N) is 2. The van der Waals surface area contributed by atoms with Gasteiger partial charge < -0.3 is 10.6 Å². The second-order valence-corrected chi connectivity index (χ2v) is 7.09. The summed E-state index contributed by atoms with van der Waals surface area (Å²) in [6, 6.07) is 14.2. The van der Waals surface area contributed by atoms with Crippen molar-refractivity contribution in [2.75, 3.05) is 6.54 Å². The lowest BCUT2D eigenvalue weighted by Crippen LogP contribution is -2.34. The van der Waals surface area contributed by atoms with Gasteiger partial charge in [-0.25, -0.2) is 4.79 Å². The van der Waals surface area contributed by atoms with E-state index < -0.39 is 12.1 Å². The van der Waals surface area contributed by atoms with Crippen LogP contribution in [-0.2, 0) is 22.6 Å². The minimum absolute atomic E-state index is 0.125. The molecule has 1 atom stereocenters. The molecule has 1 aliphatic rings. The zero-order valence-corrected chi connectivity index (χ0v) is 16.3. The smallest absolute Gasteiger partial charge is 0.324 e. The number of pyridine rings is 1. The first-order chi connectivity index (χ1) is 14.6. The second kappa shape index (κ2) is 8.73. The van der Waals surface area contributed by atoms with Gasteiger partial charge >= 0.3 is 6.03 Å². The first-order valence-electron chi connectivity index (χ1n) is 9.83.